The molecule has 0 unspecified atom stereocenters. The van der Waals surface area contributed by atoms with Crippen LogP contribution in [0.1, 0.15) is 68.4 Å². The van der Waals surface area contributed by atoms with E-state index in [1.54, 1.807) is 0 Å². The highest BCUT2D eigenvalue weighted by molar-refractivity contribution is 5.17. The van der Waals surface area contributed by atoms with Gasteiger partial charge in [-0.3, -0.25) is 0 Å². The van der Waals surface area contributed by atoms with Gasteiger partial charge in [-0.1, -0.05) is 152 Å². The van der Waals surface area contributed by atoms with E-state index in [9.17, 15) is 0 Å². The van der Waals surface area contributed by atoms with E-state index in [2.05, 4.69) is 24.3 Å². The van der Waals surface area contributed by atoms with Gasteiger partial charge < -0.3 is 66.3 Å². The first kappa shape index (κ1) is 52.0. The van der Waals surface area contributed by atoms with Gasteiger partial charge in [0.2, 0.25) is 5.79 Å². The number of rotatable bonds is 22. The minimum Gasteiger partial charge on any atom is -0.374 e. The highest BCUT2D eigenvalue weighted by Crippen LogP contribution is 2.48. The quantitative estimate of drug-likeness (QED) is 0.0654. The second kappa shape index (κ2) is 24.0. The average Bonchev–Trinajstić information content (AvgIpc) is 3.89. The lowest BCUT2D eigenvalue weighted by molar-refractivity contribution is -0.349. The lowest BCUT2D eigenvalue weighted by Crippen LogP contribution is -2.61. The third-order valence-electron chi connectivity index (χ3n) is 13.7. The lowest BCUT2D eigenvalue weighted by atomic mass is 9.97. The Morgan fingerprint density at radius 1 is 0.466 bits per heavy atom. The maximum absolute atomic E-state index is 7.24. The standard InChI is InChI=1S/C59H70O14/c1-57(2)70-50-39-66-59(56(55(50)71-57)72-58(3,4)73-59)40-65-51-30-47(63-35-44-26-16-8-17-27-44)54(49(67-51)38-61-33-42-22-12-6-13-23-42)69-52-31-46(62-34-43-24-14-7-15-25-43)53(64-36-45-28-18-9-19-29-45)48(68-52)37-60-32-41-20-10-5-11-21-41/h5-29,46-56H,30-40H2,1-4H3/t46-,47-,48-,49-,50-,51+,52-,53-,54+,55-,56+,59+/m1/s1. The van der Waals surface area contributed by atoms with E-state index >= 15 is 0 Å². The minimum atomic E-state index is -1.30. The average molecular weight is 1000 g/mol. The molecule has 14 heteroatoms. The molecule has 0 N–H and O–H groups in total. The Morgan fingerprint density at radius 3 is 1.45 bits per heavy atom. The summed E-state index contributed by atoms with van der Waals surface area (Å²) < 4.78 is 93.7. The molecular formula is C59H70O14. The first-order valence-electron chi connectivity index (χ1n) is 25.7. The topological polar surface area (TPSA) is 129 Å². The van der Waals surface area contributed by atoms with Gasteiger partial charge in [0.1, 0.15) is 49.3 Å². The third-order valence-corrected chi connectivity index (χ3v) is 13.7. The minimum absolute atomic E-state index is 0.0194. The monoisotopic (exact) mass is 1000 g/mol. The lowest BCUT2D eigenvalue weighted by Gasteiger charge is -2.46. The SMILES string of the molecule is CC1(C)O[C@@H]2[C@@H](CO[C@@]3(CO[C@@H]4C[C@@H](OCc5ccccc5)[C@H](O[C@@H]5C[C@@H](OCc6ccccc6)[C@@H](OCc6ccccc6)[C@@H](COCc6ccccc6)O5)[C@@H](COCc5ccccc5)O4)OC(C)(C)O[C@@H]23)O1. The zero-order valence-electron chi connectivity index (χ0n) is 42.3. The van der Waals surface area contributed by atoms with Crippen LogP contribution in [0.3, 0.4) is 0 Å². The van der Waals surface area contributed by atoms with Gasteiger partial charge in [-0.25, -0.2) is 0 Å². The third kappa shape index (κ3) is 13.7. The molecule has 12 atom stereocenters. The van der Waals surface area contributed by atoms with Crippen LogP contribution >= 0.6 is 0 Å². The Hall–Kier alpha value is -4.46. The van der Waals surface area contributed by atoms with Gasteiger partial charge in [0.05, 0.1) is 65.1 Å². The summed E-state index contributed by atoms with van der Waals surface area (Å²) in [6, 6.07) is 50.5. The summed E-state index contributed by atoms with van der Waals surface area (Å²) in [5, 5.41) is 0. The van der Waals surface area contributed by atoms with E-state index in [-0.39, 0.29) is 32.5 Å². The van der Waals surface area contributed by atoms with Crippen LogP contribution in [0.4, 0.5) is 0 Å². The Kier molecular flexibility index (Phi) is 17.1. The summed E-state index contributed by atoms with van der Waals surface area (Å²) in [6.45, 7) is 9.87. The molecule has 0 spiro atoms. The van der Waals surface area contributed by atoms with Crippen LogP contribution in [0.5, 0.6) is 0 Å². The molecule has 0 radical (unpaired) electrons. The summed E-state index contributed by atoms with van der Waals surface area (Å²) in [6.07, 6.45) is -5.83. The molecule has 0 aliphatic carbocycles. The Labute approximate surface area is 429 Å². The van der Waals surface area contributed by atoms with Crippen LogP contribution < -0.4 is 0 Å². The van der Waals surface area contributed by atoms with Crippen molar-refractivity contribution in [2.45, 2.75) is 158 Å². The Balaban J connectivity index is 0.928. The molecule has 0 aromatic heterocycles. The summed E-state index contributed by atoms with van der Waals surface area (Å²) in [7, 11) is 0. The molecule has 390 valence electrons. The van der Waals surface area contributed by atoms with Crippen LogP contribution in [0.15, 0.2) is 152 Å². The summed E-state index contributed by atoms with van der Waals surface area (Å²) >= 11 is 0. The number of benzene rings is 5. The zero-order valence-corrected chi connectivity index (χ0v) is 42.3. The maximum Gasteiger partial charge on any atom is 0.224 e. The molecule has 5 heterocycles. The molecule has 10 rings (SSSR count). The van der Waals surface area contributed by atoms with Crippen molar-refractivity contribution in [2.75, 3.05) is 26.4 Å². The largest absolute Gasteiger partial charge is 0.374 e. The van der Waals surface area contributed by atoms with E-state index in [0.717, 1.165) is 27.8 Å². The molecule has 5 saturated heterocycles. The van der Waals surface area contributed by atoms with Crippen molar-refractivity contribution in [3.8, 4) is 0 Å². The second-order valence-corrected chi connectivity index (χ2v) is 20.3. The van der Waals surface area contributed by atoms with Crippen LogP contribution in [-0.2, 0) is 99.4 Å². The molecule has 14 nitrogen and oxygen atoms in total. The van der Waals surface area contributed by atoms with Gasteiger partial charge in [0.15, 0.2) is 24.2 Å². The number of hydrogen-bond donors (Lipinski definition) is 0. The van der Waals surface area contributed by atoms with Crippen LogP contribution in [-0.4, -0.2) is 111 Å². The van der Waals surface area contributed by atoms with Crippen LogP contribution in [0.25, 0.3) is 0 Å². The highest BCUT2D eigenvalue weighted by atomic mass is 16.9. The molecule has 5 aliphatic heterocycles. The molecule has 5 aromatic carbocycles. The number of fused-ring (bicyclic) bond motifs is 3. The summed E-state index contributed by atoms with van der Waals surface area (Å²) in [5.41, 5.74) is 5.15. The Bertz CT molecular complexity index is 2420. The van der Waals surface area contributed by atoms with Crippen LogP contribution in [0.2, 0.25) is 0 Å². The molecule has 5 aliphatic rings. The Morgan fingerprint density at radius 2 is 0.918 bits per heavy atom. The first-order valence-corrected chi connectivity index (χ1v) is 25.7. The van der Waals surface area contributed by atoms with E-state index in [1.165, 1.54) is 0 Å². The number of ether oxygens (including phenoxy) is 14. The van der Waals surface area contributed by atoms with Crippen molar-refractivity contribution < 1.29 is 66.3 Å². The smallest absolute Gasteiger partial charge is 0.224 e. The predicted octanol–water partition coefficient (Wildman–Crippen LogP) is 9.21. The van der Waals surface area contributed by atoms with Crippen molar-refractivity contribution in [1.29, 1.82) is 0 Å². The molecule has 5 aromatic rings. The molecule has 73 heavy (non-hydrogen) atoms. The van der Waals surface area contributed by atoms with Gasteiger partial charge in [-0.05, 0) is 55.5 Å². The van der Waals surface area contributed by atoms with E-state index in [4.69, 9.17) is 66.3 Å². The normalized spacial score (nSPS) is 31.4. The first-order chi connectivity index (χ1) is 35.6. The molecule has 0 saturated carbocycles. The van der Waals surface area contributed by atoms with Crippen molar-refractivity contribution >= 4 is 0 Å². The zero-order chi connectivity index (χ0) is 50.1. The molecule has 0 bridgehead atoms. The molecule has 5 fully saturated rings. The van der Waals surface area contributed by atoms with E-state index in [0.29, 0.717) is 45.9 Å². The van der Waals surface area contributed by atoms with Gasteiger partial charge in [0.25, 0.3) is 0 Å². The van der Waals surface area contributed by atoms with Gasteiger partial charge in [0, 0.05) is 12.8 Å². The van der Waals surface area contributed by atoms with Gasteiger partial charge >= 0.3 is 0 Å². The van der Waals surface area contributed by atoms with Crippen molar-refractivity contribution in [2.24, 2.45) is 0 Å². The van der Waals surface area contributed by atoms with Gasteiger partial charge in [-0.15, -0.1) is 0 Å². The highest BCUT2D eigenvalue weighted by Gasteiger charge is 2.66. The van der Waals surface area contributed by atoms with Crippen molar-refractivity contribution in [3.05, 3.63) is 179 Å². The van der Waals surface area contributed by atoms with Crippen molar-refractivity contribution in [3.63, 3.8) is 0 Å². The van der Waals surface area contributed by atoms with Crippen LogP contribution in [0, 0.1) is 0 Å². The molecule has 0 amide bonds. The van der Waals surface area contributed by atoms with E-state index in [1.807, 2.05) is 155 Å². The van der Waals surface area contributed by atoms with Crippen molar-refractivity contribution in [1.82, 2.24) is 0 Å². The predicted molar refractivity (Wildman–Crippen MR) is 267 cm³/mol. The molecular weight excluding hydrogens is 933 g/mol. The number of hydrogen-bond acceptors (Lipinski definition) is 14. The summed E-state index contributed by atoms with van der Waals surface area (Å²) in [5.74, 6) is -3.10. The fourth-order valence-electron chi connectivity index (χ4n) is 10.3. The summed E-state index contributed by atoms with van der Waals surface area (Å²) in [4.78, 5) is 0. The second-order valence-electron chi connectivity index (χ2n) is 20.3. The maximum atomic E-state index is 7.24. The fourth-order valence-corrected chi connectivity index (χ4v) is 10.3. The van der Waals surface area contributed by atoms with Gasteiger partial charge in [-0.2, -0.15) is 0 Å². The van der Waals surface area contributed by atoms with E-state index < -0.39 is 78.8 Å². The fraction of sp³-hybridized carbons (Fsp3) is 0.492.